The molecule has 0 bridgehead atoms. The predicted octanol–water partition coefficient (Wildman–Crippen LogP) is 23.9. The Morgan fingerprint density at radius 1 is 0.337 bits per heavy atom. The maximum Gasteiger partial charge on any atom is 0.0540 e. The summed E-state index contributed by atoms with van der Waals surface area (Å²) in [5.74, 6) is 0.521. The minimum absolute atomic E-state index is 0.199. The molecule has 0 amide bonds. The average Bonchev–Trinajstić information content (AvgIpc) is 1.65. The molecule has 0 heterocycles. The highest BCUT2D eigenvalue weighted by atomic mass is 15.2. The molecule has 0 fully saturated rings. The zero-order valence-corrected chi connectivity index (χ0v) is 51.0. The van der Waals surface area contributed by atoms with Crippen LogP contribution in [0.4, 0.5) is 34.1 Å². The quantitative estimate of drug-likeness (QED) is 0.119. The third-order valence-electron chi connectivity index (χ3n) is 19.5. The van der Waals surface area contributed by atoms with Crippen LogP contribution in [0.3, 0.4) is 0 Å². The van der Waals surface area contributed by atoms with Crippen molar-refractivity contribution in [2.45, 2.75) is 51.9 Å². The van der Waals surface area contributed by atoms with Gasteiger partial charge >= 0.3 is 0 Å². The van der Waals surface area contributed by atoms with Crippen LogP contribution in [0, 0.1) is 5.92 Å². The second-order valence-electron chi connectivity index (χ2n) is 25.8. The van der Waals surface area contributed by atoms with Gasteiger partial charge in [0, 0.05) is 44.2 Å². The van der Waals surface area contributed by atoms with Crippen molar-refractivity contribution in [2.75, 3.05) is 9.80 Å². The molecule has 0 radical (unpaired) electrons. The van der Waals surface area contributed by atoms with Gasteiger partial charge in [-0.2, -0.15) is 0 Å². The molecule has 3 aliphatic carbocycles. The van der Waals surface area contributed by atoms with Crippen molar-refractivity contribution in [3.05, 3.63) is 329 Å². The first kappa shape index (κ1) is 53.9. The number of fused-ring (bicyclic) bond motifs is 10. The van der Waals surface area contributed by atoms with Crippen molar-refractivity contribution in [3.8, 4) is 33.4 Å². The zero-order valence-electron chi connectivity index (χ0n) is 51.0. The van der Waals surface area contributed by atoms with Crippen LogP contribution in [0.1, 0.15) is 90.3 Å². The predicted molar refractivity (Wildman–Crippen MR) is 382 cm³/mol. The Balaban J connectivity index is 0.615. The summed E-state index contributed by atoms with van der Waals surface area (Å²) in [6.07, 6.45) is 14.8. The number of rotatable bonds is 11. The smallest absolute Gasteiger partial charge is 0.0540 e. The first-order chi connectivity index (χ1) is 43.5. The molecule has 0 spiro atoms. The van der Waals surface area contributed by atoms with E-state index in [0.717, 1.165) is 17.8 Å². The molecule has 1 atom stereocenters. The zero-order chi connectivity index (χ0) is 60.0. The Morgan fingerprint density at radius 3 is 1.30 bits per heavy atom. The Bertz CT molecular complexity index is 5060. The van der Waals surface area contributed by atoms with Crippen molar-refractivity contribution < 1.29 is 0 Å². The van der Waals surface area contributed by atoms with E-state index in [4.69, 9.17) is 0 Å². The third-order valence-corrected chi connectivity index (χ3v) is 19.5. The van der Waals surface area contributed by atoms with Gasteiger partial charge in [0.2, 0.25) is 0 Å². The van der Waals surface area contributed by atoms with Gasteiger partial charge in [-0.25, -0.2) is 0 Å². The van der Waals surface area contributed by atoms with Gasteiger partial charge in [-0.1, -0.05) is 283 Å². The van der Waals surface area contributed by atoms with E-state index in [2.05, 4.69) is 348 Å². The number of allylic oxidation sites excluding steroid dienone is 1. The standard InChI is InChI=1S/C87H68N2/c1-57-27-46-74-68(51-57)21-14-26-85(74)89(84-25-13-20-66-17-9-11-23-73(66)84)71-45-50-78-76-48-37-61(53-80(76)87(4,5)82(78)56-71)31-29-59-34-40-64(41-35-59)63-38-32-58(33-39-63)28-30-60-36-47-75-77-49-44-70(55-81(77)86(2,3)79(75)52-60)88(69-43-42-62-15-6-7-18-67(62)54-69)83-24-12-19-65-16-8-10-22-72(65)83/h6-50,52-57H,51H2,1-5H3. The fraction of sp³-hybridized carbons (Fsp3) is 0.103. The molecular formula is C87H68N2. The van der Waals surface area contributed by atoms with E-state index in [0.29, 0.717) is 5.92 Å². The van der Waals surface area contributed by atoms with Crippen LogP contribution in [0.5, 0.6) is 0 Å². The largest absolute Gasteiger partial charge is 0.310 e. The van der Waals surface area contributed by atoms with E-state index in [1.165, 1.54) is 144 Å². The van der Waals surface area contributed by atoms with E-state index in [9.17, 15) is 0 Å². The Labute approximate surface area is 523 Å². The first-order valence-electron chi connectivity index (χ1n) is 31.5. The molecule has 0 aromatic heterocycles. The highest BCUT2D eigenvalue weighted by molar-refractivity contribution is 6.03. The van der Waals surface area contributed by atoms with Crippen molar-refractivity contribution in [1.29, 1.82) is 0 Å². The van der Waals surface area contributed by atoms with Crippen LogP contribution < -0.4 is 9.80 Å². The molecule has 89 heavy (non-hydrogen) atoms. The number of benzene rings is 13. The normalized spacial score (nSPS) is 14.9. The minimum atomic E-state index is -0.201. The lowest BCUT2D eigenvalue weighted by Gasteiger charge is -2.31. The summed E-state index contributed by atoms with van der Waals surface area (Å²) in [7, 11) is 0. The molecule has 13 aromatic carbocycles. The molecule has 426 valence electrons. The van der Waals surface area contributed by atoms with Gasteiger partial charge in [-0.15, -0.1) is 0 Å². The Kier molecular flexibility index (Phi) is 13.0. The molecule has 0 N–H and O–H groups in total. The van der Waals surface area contributed by atoms with Crippen molar-refractivity contribution >= 4 is 96.8 Å². The summed E-state index contributed by atoms with van der Waals surface area (Å²) in [5, 5.41) is 7.40. The first-order valence-corrected chi connectivity index (χ1v) is 31.5. The highest BCUT2D eigenvalue weighted by Gasteiger charge is 2.38. The van der Waals surface area contributed by atoms with Gasteiger partial charge in [-0.05, 0) is 172 Å². The van der Waals surface area contributed by atoms with E-state index in [1.807, 2.05) is 0 Å². The molecule has 0 saturated heterocycles. The Hall–Kier alpha value is -10.5. The second kappa shape index (κ2) is 21.4. The van der Waals surface area contributed by atoms with Crippen molar-refractivity contribution in [2.24, 2.45) is 5.92 Å². The van der Waals surface area contributed by atoms with Crippen LogP contribution >= 0.6 is 0 Å². The summed E-state index contributed by atoms with van der Waals surface area (Å²) in [6.45, 7) is 11.9. The fourth-order valence-corrected chi connectivity index (χ4v) is 14.7. The monoisotopic (exact) mass is 1140 g/mol. The molecule has 1 unspecified atom stereocenters. The molecule has 0 aliphatic heterocycles. The second-order valence-corrected chi connectivity index (χ2v) is 25.8. The average molecular weight is 1140 g/mol. The van der Waals surface area contributed by atoms with E-state index < -0.39 is 0 Å². The summed E-state index contributed by atoms with van der Waals surface area (Å²) < 4.78 is 0. The highest BCUT2D eigenvalue weighted by Crippen LogP contribution is 2.54. The Morgan fingerprint density at radius 2 is 0.742 bits per heavy atom. The van der Waals surface area contributed by atoms with Gasteiger partial charge in [0.15, 0.2) is 0 Å². The van der Waals surface area contributed by atoms with Gasteiger partial charge < -0.3 is 9.80 Å². The number of anilines is 6. The van der Waals surface area contributed by atoms with Gasteiger partial charge in [0.25, 0.3) is 0 Å². The fourth-order valence-electron chi connectivity index (χ4n) is 14.7. The van der Waals surface area contributed by atoms with Gasteiger partial charge in [-0.3, -0.25) is 0 Å². The molecule has 2 heteroatoms. The molecule has 0 saturated carbocycles. The van der Waals surface area contributed by atoms with Gasteiger partial charge in [0.1, 0.15) is 0 Å². The van der Waals surface area contributed by atoms with E-state index >= 15 is 0 Å². The van der Waals surface area contributed by atoms with Crippen LogP contribution in [0.2, 0.25) is 0 Å². The molecule has 16 rings (SSSR count). The summed E-state index contributed by atoms with van der Waals surface area (Å²) in [6, 6.07) is 99.3. The summed E-state index contributed by atoms with van der Waals surface area (Å²) in [5.41, 5.74) is 27.2. The number of hydrogen-bond acceptors (Lipinski definition) is 2. The SMILES string of the molecule is CC1C=Cc2c(cccc2N(c2ccc3c(c2)C(C)(C)c2cc(C=Cc4ccc(-c5ccc(C=Cc6ccc7c(c6)C(C)(C)c6cc(N(c8ccc9ccccc9c8)c8cccc9ccccc89)ccc6-7)cc5)cc4)ccc2-3)c2cccc3ccccc23)C1. The molecular weight excluding hydrogens is 1070 g/mol. The molecule has 13 aromatic rings. The number of nitrogens with zero attached hydrogens (tertiary/aromatic N) is 2. The lowest BCUT2D eigenvalue weighted by atomic mass is 9.81. The van der Waals surface area contributed by atoms with Crippen LogP contribution in [0.15, 0.2) is 273 Å². The lowest BCUT2D eigenvalue weighted by molar-refractivity contribution is 0.660. The number of hydrogen-bond donors (Lipinski definition) is 0. The third kappa shape index (κ3) is 9.41. The summed E-state index contributed by atoms with van der Waals surface area (Å²) in [4.78, 5) is 4.95. The summed E-state index contributed by atoms with van der Waals surface area (Å²) >= 11 is 0. The van der Waals surface area contributed by atoms with Crippen molar-refractivity contribution in [3.63, 3.8) is 0 Å². The van der Waals surface area contributed by atoms with Crippen LogP contribution in [-0.4, -0.2) is 0 Å². The topological polar surface area (TPSA) is 6.48 Å². The molecule has 2 nitrogen and oxygen atoms in total. The van der Waals surface area contributed by atoms with E-state index in [1.54, 1.807) is 0 Å². The van der Waals surface area contributed by atoms with Crippen LogP contribution in [0.25, 0.3) is 96.1 Å². The van der Waals surface area contributed by atoms with Gasteiger partial charge in [0.05, 0.1) is 17.1 Å². The van der Waals surface area contributed by atoms with E-state index in [-0.39, 0.29) is 10.8 Å². The lowest BCUT2D eigenvalue weighted by Crippen LogP contribution is -2.18. The van der Waals surface area contributed by atoms with Crippen LogP contribution in [-0.2, 0) is 17.3 Å². The maximum atomic E-state index is 2.51. The minimum Gasteiger partial charge on any atom is -0.310 e. The maximum absolute atomic E-state index is 2.51. The van der Waals surface area contributed by atoms with Crippen molar-refractivity contribution in [1.82, 2.24) is 0 Å². The molecule has 3 aliphatic rings.